The van der Waals surface area contributed by atoms with Gasteiger partial charge >= 0.3 is 5.97 Å². The van der Waals surface area contributed by atoms with Gasteiger partial charge < -0.3 is 14.2 Å². The highest BCUT2D eigenvalue weighted by Gasteiger charge is 2.13. The average molecular weight is 371 g/mol. The Morgan fingerprint density at radius 3 is 2.48 bits per heavy atom. The number of benzene rings is 2. The molecule has 7 heteroatoms. The minimum absolute atomic E-state index is 0.210. The third-order valence-corrected chi connectivity index (χ3v) is 4.01. The number of hydrogen-bond donors (Lipinski definition) is 0. The quantitative estimate of drug-likeness (QED) is 0.318. The molecule has 0 unspecified atom stereocenters. The molecule has 0 spiro atoms. The number of nitrogens with zero attached hydrogens (tertiary/aromatic N) is 1. The summed E-state index contributed by atoms with van der Waals surface area (Å²) in [4.78, 5) is 22.0. The standard InChI is InChI=1S/C20H21NO6/c1-13-5-6-14(2)20(15(13)3)26-12-19(22)27-17-8-7-16(9-10-21(23)24)11-18(17)25-4/h5-11H,12H2,1-4H3. The Kier molecular flexibility index (Phi) is 6.54. The zero-order chi connectivity index (χ0) is 20.0. The number of rotatable bonds is 7. The van der Waals surface area contributed by atoms with Crippen molar-refractivity contribution in [3.05, 3.63) is 68.9 Å². The molecule has 2 rings (SSSR count). The molecule has 0 aliphatic heterocycles. The fourth-order valence-electron chi connectivity index (χ4n) is 2.45. The van der Waals surface area contributed by atoms with Crippen molar-refractivity contribution in [2.45, 2.75) is 20.8 Å². The number of esters is 1. The van der Waals surface area contributed by atoms with Gasteiger partial charge in [0.15, 0.2) is 18.1 Å². The topological polar surface area (TPSA) is 87.9 Å². The van der Waals surface area contributed by atoms with Crippen LogP contribution < -0.4 is 14.2 Å². The van der Waals surface area contributed by atoms with Crippen LogP contribution in [0.5, 0.6) is 17.2 Å². The van der Waals surface area contributed by atoms with Crippen LogP contribution in [0.25, 0.3) is 6.08 Å². The van der Waals surface area contributed by atoms with E-state index in [4.69, 9.17) is 14.2 Å². The Labute approximate surface area is 157 Å². The Hall–Kier alpha value is -3.35. The van der Waals surface area contributed by atoms with Crippen molar-refractivity contribution in [2.75, 3.05) is 13.7 Å². The molecule has 142 valence electrons. The van der Waals surface area contributed by atoms with Gasteiger partial charge in [-0.15, -0.1) is 0 Å². The summed E-state index contributed by atoms with van der Waals surface area (Å²) in [6, 6.07) is 8.57. The normalized spacial score (nSPS) is 10.7. The van der Waals surface area contributed by atoms with Crippen molar-refractivity contribution in [3.8, 4) is 17.2 Å². The third kappa shape index (κ3) is 5.31. The summed E-state index contributed by atoms with van der Waals surface area (Å²) in [5.41, 5.74) is 3.53. The lowest BCUT2D eigenvalue weighted by molar-refractivity contribution is -0.400. The lowest BCUT2D eigenvalue weighted by Crippen LogP contribution is -2.18. The second kappa shape index (κ2) is 8.84. The minimum atomic E-state index is -0.581. The summed E-state index contributed by atoms with van der Waals surface area (Å²) in [6.07, 6.45) is 2.14. The number of methoxy groups -OCH3 is 1. The van der Waals surface area contributed by atoms with Crippen LogP contribution in [0.3, 0.4) is 0 Å². The highest BCUT2D eigenvalue weighted by molar-refractivity contribution is 5.75. The first-order chi connectivity index (χ1) is 12.8. The van der Waals surface area contributed by atoms with Gasteiger partial charge in [0.2, 0.25) is 6.20 Å². The van der Waals surface area contributed by atoms with Crippen LogP contribution in [0.1, 0.15) is 22.3 Å². The van der Waals surface area contributed by atoms with E-state index in [9.17, 15) is 14.9 Å². The van der Waals surface area contributed by atoms with Crippen molar-refractivity contribution < 1.29 is 23.9 Å². The third-order valence-electron chi connectivity index (χ3n) is 4.01. The lowest BCUT2D eigenvalue weighted by atomic mass is 10.1. The van der Waals surface area contributed by atoms with Gasteiger partial charge in [-0.1, -0.05) is 18.2 Å². The molecule has 0 heterocycles. The second-order valence-electron chi connectivity index (χ2n) is 5.93. The maximum Gasteiger partial charge on any atom is 0.349 e. The monoisotopic (exact) mass is 371 g/mol. The van der Waals surface area contributed by atoms with E-state index in [1.54, 1.807) is 12.1 Å². The molecule has 0 bridgehead atoms. The molecule has 27 heavy (non-hydrogen) atoms. The summed E-state index contributed by atoms with van der Waals surface area (Å²) in [5.74, 6) is 0.583. The van der Waals surface area contributed by atoms with E-state index >= 15 is 0 Å². The van der Waals surface area contributed by atoms with Crippen LogP contribution in [0.2, 0.25) is 0 Å². The number of ether oxygens (including phenoxy) is 3. The summed E-state index contributed by atoms with van der Waals surface area (Å²) >= 11 is 0. The fraction of sp³-hybridized carbons (Fsp3) is 0.250. The first kappa shape index (κ1) is 20.0. The van der Waals surface area contributed by atoms with E-state index in [1.807, 2.05) is 32.9 Å². The highest BCUT2D eigenvalue weighted by Crippen LogP contribution is 2.29. The zero-order valence-electron chi connectivity index (χ0n) is 15.6. The van der Waals surface area contributed by atoms with Gasteiger partial charge in [0, 0.05) is 6.08 Å². The Morgan fingerprint density at radius 2 is 1.81 bits per heavy atom. The number of hydrogen-bond acceptors (Lipinski definition) is 6. The van der Waals surface area contributed by atoms with Crippen LogP contribution in [-0.4, -0.2) is 24.6 Å². The zero-order valence-corrected chi connectivity index (χ0v) is 15.6. The fourth-order valence-corrected chi connectivity index (χ4v) is 2.45. The molecule has 0 amide bonds. The van der Waals surface area contributed by atoms with Gasteiger partial charge in [-0.3, -0.25) is 10.1 Å². The van der Waals surface area contributed by atoms with Crippen LogP contribution in [-0.2, 0) is 4.79 Å². The molecule has 0 N–H and O–H groups in total. The molecular formula is C20H21NO6. The van der Waals surface area contributed by atoms with Gasteiger partial charge in [0.1, 0.15) is 5.75 Å². The maximum absolute atomic E-state index is 12.2. The lowest BCUT2D eigenvalue weighted by Gasteiger charge is -2.14. The van der Waals surface area contributed by atoms with Crippen LogP contribution in [0, 0.1) is 30.9 Å². The van der Waals surface area contributed by atoms with Crippen LogP contribution in [0.4, 0.5) is 0 Å². The van der Waals surface area contributed by atoms with Gasteiger partial charge in [0.25, 0.3) is 0 Å². The van der Waals surface area contributed by atoms with E-state index in [2.05, 4.69) is 0 Å². The number of nitro groups is 1. The van der Waals surface area contributed by atoms with Gasteiger partial charge in [0.05, 0.1) is 12.0 Å². The van der Waals surface area contributed by atoms with Gasteiger partial charge in [-0.2, -0.15) is 0 Å². The van der Waals surface area contributed by atoms with Crippen molar-refractivity contribution in [1.29, 1.82) is 0 Å². The summed E-state index contributed by atoms with van der Waals surface area (Å²) in [6.45, 7) is 5.56. The van der Waals surface area contributed by atoms with Crippen molar-refractivity contribution in [3.63, 3.8) is 0 Å². The summed E-state index contributed by atoms with van der Waals surface area (Å²) in [5, 5.41) is 10.4. The van der Waals surface area contributed by atoms with Crippen molar-refractivity contribution in [2.24, 2.45) is 0 Å². The second-order valence-corrected chi connectivity index (χ2v) is 5.93. The number of carbonyl (C=O) groups is 1. The van der Waals surface area contributed by atoms with Crippen LogP contribution >= 0.6 is 0 Å². The molecule has 0 radical (unpaired) electrons. The molecule has 2 aromatic rings. The van der Waals surface area contributed by atoms with E-state index in [0.717, 1.165) is 22.9 Å². The summed E-state index contributed by atoms with van der Waals surface area (Å²) in [7, 11) is 1.42. The predicted molar refractivity (Wildman–Crippen MR) is 101 cm³/mol. The van der Waals surface area contributed by atoms with E-state index in [0.29, 0.717) is 11.3 Å². The van der Waals surface area contributed by atoms with Crippen molar-refractivity contribution in [1.82, 2.24) is 0 Å². The first-order valence-corrected chi connectivity index (χ1v) is 8.22. The molecule has 0 aromatic heterocycles. The maximum atomic E-state index is 12.2. The highest BCUT2D eigenvalue weighted by atomic mass is 16.6. The molecule has 0 saturated heterocycles. The summed E-state index contributed by atoms with van der Waals surface area (Å²) < 4.78 is 16.1. The molecule has 0 aliphatic carbocycles. The van der Waals surface area contributed by atoms with E-state index in [1.165, 1.54) is 19.3 Å². The van der Waals surface area contributed by atoms with E-state index in [-0.39, 0.29) is 18.1 Å². The average Bonchev–Trinajstić information content (AvgIpc) is 2.64. The van der Waals surface area contributed by atoms with Crippen LogP contribution in [0.15, 0.2) is 36.5 Å². The Morgan fingerprint density at radius 1 is 1.11 bits per heavy atom. The molecule has 0 saturated carbocycles. The number of carbonyl (C=O) groups excluding carboxylic acids is 1. The molecule has 0 fully saturated rings. The predicted octanol–water partition coefficient (Wildman–Crippen LogP) is 3.85. The Balaban J connectivity index is 2.07. The largest absolute Gasteiger partial charge is 0.493 e. The number of aryl methyl sites for hydroxylation is 2. The van der Waals surface area contributed by atoms with Crippen molar-refractivity contribution >= 4 is 12.0 Å². The Bertz CT molecular complexity index is 888. The smallest absolute Gasteiger partial charge is 0.349 e. The molecule has 0 aliphatic rings. The van der Waals surface area contributed by atoms with Gasteiger partial charge in [-0.25, -0.2) is 4.79 Å². The van der Waals surface area contributed by atoms with E-state index < -0.39 is 10.9 Å². The molecular weight excluding hydrogens is 350 g/mol. The molecule has 7 nitrogen and oxygen atoms in total. The first-order valence-electron chi connectivity index (χ1n) is 8.22. The van der Waals surface area contributed by atoms with Gasteiger partial charge in [-0.05, 0) is 55.2 Å². The minimum Gasteiger partial charge on any atom is -0.493 e. The molecule has 2 aromatic carbocycles. The molecule has 0 atom stereocenters. The SMILES string of the molecule is COc1cc(C=C[N+](=O)[O-])ccc1OC(=O)COc1c(C)ccc(C)c1C.